The molecule has 0 radical (unpaired) electrons. The van der Waals surface area contributed by atoms with Crippen molar-refractivity contribution in [1.29, 1.82) is 0 Å². The molecule has 27 heavy (non-hydrogen) atoms. The molecule has 0 bridgehead atoms. The van der Waals surface area contributed by atoms with Gasteiger partial charge in [-0.3, -0.25) is 4.79 Å². The number of ether oxygens (including phenoxy) is 1. The second-order valence-corrected chi connectivity index (χ2v) is 7.57. The molecule has 0 saturated carbocycles. The van der Waals surface area contributed by atoms with Crippen LogP contribution < -0.4 is 5.32 Å². The molecule has 3 aromatic rings. The number of rotatable bonds is 4. The molecule has 2 unspecified atom stereocenters. The van der Waals surface area contributed by atoms with Crippen molar-refractivity contribution in [2.75, 3.05) is 0 Å². The minimum atomic E-state index is -0.344. The van der Waals surface area contributed by atoms with E-state index in [0.29, 0.717) is 17.5 Å². The number of amides is 1. The standard InChI is InChI=1S/C22H19NO3S/c1-14(20-8-5-11-27-20)23-21(24)16-9-10-18-17(12-16)13-19(26-22(18)25)15-6-3-2-4-7-15/h2-12,14,19H,13H2,1H3,(H,23,24). The van der Waals surface area contributed by atoms with Crippen LogP contribution in [0.3, 0.4) is 0 Å². The van der Waals surface area contributed by atoms with Crippen LogP contribution in [0.25, 0.3) is 0 Å². The molecule has 0 spiro atoms. The third kappa shape index (κ3) is 3.64. The summed E-state index contributed by atoms with van der Waals surface area (Å²) in [7, 11) is 0. The van der Waals surface area contributed by atoms with Crippen LogP contribution in [0.4, 0.5) is 0 Å². The van der Waals surface area contributed by atoms with E-state index in [4.69, 9.17) is 4.74 Å². The fourth-order valence-electron chi connectivity index (χ4n) is 3.28. The van der Waals surface area contributed by atoms with Gasteiger partial charge in [-0.05, 0) is 47.7 Å². The van der Waals surface area contributed by atoms with Crippen molar-refractivity contribution in [3.8, 4) is 0 Å². The molecule has 2 heterocycles. The third-order valence-corrected chi connectivity index (χ3v) is 5.79. The lowest BCUT2D eigenvalue weighted by Gasteiger charge is -2.25. The lowest BCUT2D eigenvalue weighted by molar-refractivity contribution is 0.0252. The summed E-state index contributed by atoms with van der Waals surface area (Å²) in [5, 5.41) is 5.01. The van der Waals surface area contributed by atoms with Gasteiger partial charge in [0.05, 0.1) is 11.6 Å². The van der Waals surface area contributed by atoms with E-state index in [1.54, 1.807) is 23.5 Å². The van der Waals surface area contributed by atoms with Crippen molar-refractivity contribution in [2.24, 2.45) is 0 Å². The van der Waals surface area contributed by atoms with Crippen LogP contribution in [0.2, 0.25) is 0 Å². The Hall–Kier alpha value is -2.92. The first kappa shape index (κ1) is 17.5. The molecule has 0 aliphatic carbocycles. The predicted molar refractivity (Wildman–Crippen MR) is 105 cm³/mol. The Balaban J connectivity index is 1.56. The first-order valence-corrected chi connectivity index (χ1v) is 9.73. The van der Waals surface area contributed by atoms with Crippen molar-refractivity contribution < 1.29 is 14.3 Å². The highest BCUT2D eigenvalue weighted by molar-refractivity contribution is 7.10. The molecule has 4 rings (SSSR count). The molecule has 1 aromatic heterocycles. The highest BCUT2D eigenvalue weighted by Crippen LogP contribution is 2.31. The second-order valence-electron chi connectivity index (χ2n) is 6.59. The summed E-state index contributed by atoms with van der Waals surface area (Å²) >= 11 is 1.61. The molecule has 2 aromatic carbocycles. The van der Waals surface area contributed by atoms with Gasteiger partial charge in [-0.25, -0.2) is 4.79 Å². The van der Waals surface area contributed by atoms with Crippen molar-refractivity contribution in [2.45, 2.75) is 25.5 Å². The van der Waals surface area contributed by atoms with Crippen LogP contribution in [0.15, 0.2) is 66.0 Å². The Kier molecular flexibility index (Phi) is 4.77. The zero-order chi connectivity index (χ0) is 18.8. The van der Waals surface area contributed by atoms with Gasteiger partial charge in [0.1, 0.15) is 6.10 Å². The zero-order valence-corrected chi connectivity index (χ0v) is 15.7. The maximum atomic E-state index is 12.6. The van der Waals surface area contributed by atoms with Crippen LogP contribution in [-0.2, 0) is 11.2 Å². The minimum absolute atomic E-state index is 0.0597. The summed E-state index contributed by atoms with van der Waals surface area (Å²) in [5.41, 5.74) is 2.89. The number of hydrogen-bond donors (Lipinski definition) is 1. The van der Waals surface area contributed by atoms with Crippen LogP contribution in [0.1, 0.15) is 55.8 Å². The predicted octanol–water partition coefficient (Wildman–Crippen LogP) is 4.69. The van der Waals surface area contributed by atoms with Crippen molar-refractivity contribution >= 4 is 23.2 Å². The van der Waals surface area contributed by atoms with E-state index in [-0.39, 0.29) is 24.0 Å². The SMILES string of the molecule is CC(NC(=O)c1ccc2c(c1)CC(c1ccccc1)OC2=O)c1cccs1. The average molecular weight is 377 g/mol. The number of thiophene rings is 1. The summed E-state index contributed by atoms with van der Waals surface area (Å²) < 4.78 is 5.57. The lowest BCUT2D eigenvalue weighted by Crippen LogP contribution is -2.27. The zero-order valence-electron chi connectivity index (χ0n) is 14.8. The molecule has 1 N–H and O–H groups in total. The molecule has 0 saturated heterocycles. The number of benzene rings is 2. The van der Waals surface area contributed by atoms with Gasteiger partial charge in [-0.15, -0.1) is 11.3 Å². The van der Waals surface area contributed by atoms with E-state index in [1.807, 2.05) is 60.8 Å². The van der Waals surface area contributed by atoms with Crippen LogP contribution in [0, 0.1) is 0 Å². The van der Waals surface area contributed by atoms with Crippen molar-refractivity contribution in [3.63, 3.8) is 0 Å². The van der Waals surface area contributed by atoms with Gasteiger partial charge < -0.3 is 10.1 Å². The Morgan fingerprint density at radius 3 is 2.70 bits per heavy atom. The molecule has 1 aliphatic heterocycles. The number of cyclic esters (lactones) is 1. The maximum Gasteiger partial charge on any atom is 0.339 e. The average Bonchev–Trinajstić information content (AvgIpc) is 3.23. The van der Waals surface area contributed by atoms with Gasteiger partial charge in [0.15, 0.2) is 0 Å². The summed E-state index contributed by atoms with van der Waals surface area (Å²) in [5.74, 6) is -0.488. The van der Waals surface area contributed by atoms with E-state index in [1.165, 1.54) is 0 Å². The number of hydrogen-bond acceptors (Lipinski definition) is 4. The fourth-order valence-corrected chi connectivity index (χ4v) is 4.01. The number of fused-ring (bicyclic) bond motifs is 1. The molecule has 2 atom stereocenters. The second kappa shape index (κ2) is 7.37. The van der Waals surface area contributed by atoms with E-state index in [0.717, 1.165) is 16.0 Å². The largest absolute Gasteiger partial charge is 0.454 e. The highest BCUT2D eigenvalue weighted by Gasteiger charge is 2.28. The Bertz CT molecular complexity index is 966. The maximum absolute atomic E-state index is 12.6. The van der Waals surface area contributed by atoms with Crippen LogP contribution in [-0.4, -0.2) is 11.9 Å². The minimum Gasteiger partial charge on any atom is -0.454 e. The summed E-state index contributed by atoms with van der Waals surface area (Å²) in [6.07, 6.45) is 0.238. The van der Waals surface area contributed by atoms with Gasteiger partial charge in [0, 0.05) is 16.9 Å². The van der Waals surface area contributed by atoms with Crippen molar-refractivity contribution in [1.82, 2.24) is 5.32 Å². The van der Waals surface area contributed by atoms with E-state index in [2.05, 4.69) is 5.32 Å². The normalized spacial score (nSPS) is 16.9. The topological polar surface area (TPSA) is 55.4 Å². The first-order chi connectivity index (χ1) is 13.1. The number of carbonyl (C=O) groups is 2. The molecular weight excluding hydrogens is 358 g/mol. The molecular formula is C22H19NO3S. The highest BCUT2D eigenvalue weighted by atomic mass is 32.1. The monoisotopic (exact) mass is 377 g/mol. The van der Waals surface area contributed by atoms with Crippen LogP contribution in [0.5, 0.6) is 0 Å². The van der Waals surface area contributed by atoms with Gasteiger partial charge in [0.2, 0.25) is 0 Å². The summed E-state index contributed by atoms with van der Waals surface area (Å²) in [6, 6.07) is 18.8. The molecule has 5 heteroatoms. The third-order valence-electron chi connectivity index (χ3n) is 4.73. The molecule has 136 valence electrons. The first-order valence-electron chi connectivity index (χ1n) is 8.85. The van der Waals surface area contributed by atoms with Crippen LogP contribution >= 0.6 is 11.3 Å². The fraction of sp³-hybridized carbons (Fsp3) is 0.182. The number of esters is 1. The molecule has 0 fully saturated rings. The van der Waals surface area contributed by atoms with E-state index in [9.17, 15) is 9.59 Å². The molecule has 1 aliphatic rings. The van der Waals surface area contributed by atoms with Gasteiger partial charge >= 0.3 is 5.97 Å². The van der Waals surface area contributed by atoms with Gasteiger partial charge in [0.25, 0.3) is 5.91 Å². The van der Waals surface area contributed by atoms with Crippen molar-refractivity contribution in [3.05, 3.63) is 93.2 Å². The smallest absolute Gasteiger partial charge is 0.339 e. The van der Waals surface area contributed by atoms with E-state index < -0.39 is 0 Å². The molecule has 4 nitrogen and oxygen atoms in total. The number of carbonyl (C=O) groups excluding carboxylic acids is 2. The Labute approximate surface area is 161 Å². The Morgan fingerprint density at radius 2 is 1.96 bits per heavy atom. The quantitative estimate of drug-likeness (QED) is 0.671. The number of nitrogens with one attached hydrogen (secondary N) is 1. The van der Waals surface area contributed by atoms with Gasteiger partial charge in [-0.1, -0.05) is 36.4 Å². The Morgan fingerprint density at radius 1 is 1.15 bits per heavy atom. The summed E-state index contributed by atoms with van der Waals surface area (Å²) in [4.78, 5) is 26.1. The van der Waals surface area contributed by atoms with Gasteiger partial charge in [-0.2, -0.15) is 0 Å². The van der Waals surface area contributed by atoms with E-state index >= 15 is 0 Å². The lowest BCUT2D eigenvalue weighted by atomic mass is 9.93. The summed E-state index contributed by atoms with van der Waals surface area (Å²) in [6.45, 7) is 1.96. The molecule has 1 amide bonds.